The molecule has 1 aliphatic rings. The van der Waals surface area contributed by atoms with E-state index in [9.17, 15) is 4.79 Å². The van der Waals surface area contributed by atoms with Gasteiger partial charge in [-0.2, -0.15) is 0 Å². The average molecular weight is 307 g/mol. The molecule has 1 saturated carbocycles. The number of rotatable bonds is 4. The Morgan fingerprint density at radius 1 is 0.957 bits per heavy atom. The quantitative estimate of drug-likeness (QED) is 0.796. The van der Waals surface area contributed by atoms with Crippen molar-refractivity contribution in [2.24, 2.45) is 0 Å². The number of carbonyl (C=O) groups is 1. The fourth-order valence-corrected chi connectivity index (χ4v) is 3.42. The molecule has 1 aliphatic carbocycles. The lowest BCUT2D eigenvalue weighted by atomic mass is 9.84. The highest BCUT2D eigenvalue weighted by molar-refractivity contribution is 5.95. The van der Waals surface area contributed by atoms with Crippen molar-refractivity contribution in [2.45, 2.75) is 50.9 Å². The number of benzene rings is 2. The Balaban J connectivity index is 1.62. The number of amides is 1. The van der Waals surface area contributed by atoms with Gasteiger partial charge in [-0.1, -0.05) is 61.7 Å². The zero-order valence-electron chi connectivity index (χ0n) is 13.8. The summed E-state index contributed by atoms with van der Waals surface area (Å²) >= 11 is 0. The number of hydrogen-bond acceptors (Lipinski definition) is 1. The summed E-state index contributed by atoms with van der Waals surface area (Å²) in [7, 11) is 0. The molecule has 0 radical (unpaired) electrons. The Morgan fingerprint density at radius 3 is 2.26 bits per heavy atom. The van der Waals surface area contributed by atoms with Crippen molar-refractivity contribution >= 4 is 11.6 Å². The topological polar surface area (TPSA) is 29.1 Å². The summed E-state index contributed by atoms with van der Waals surface area (Å²) in [6.07, 6.45) is 6.67. The van der Waals surface area contributed by atoms with Crippen molar-refractivity contribution in [3.05, 3.63) is 65.7 Å². The molecule has 1 unspecified atom stereocenters. The molecule has 0 spiro atoms. The smallest absolute Gasteiger partial charge is 0.231 e. The van der Waals surface area contributed by atoms with Crippen LogP contribution in [-0.4, -0.2) is 5.91 Å². The third-order valence-electron chi connectivity index (χ3n) is 4.95. The van der Waals surface area contributed by atoms with Crippen LogP contribution in [0.1, 0.15) is 62.0 Å². The second kappa shape index (κ2) is 7.45. The maximum Gasteiger partial charge on any atom is 0.231 e. The van der Waals surface area contributed by atoms with Gasteiger partial charge in [0.1, 0.15) is 0 Å². The Labute approximate surface area is 138 Å². The molecule has 120 valence electrons. The highest BCUT2D eigenvalue weighted by atomic mass is 16.1. The maximum atomic E-state index is 12.4. The van der Waals surface area contributed by atoms with Crippen LogP contribution in [-0.2, 0) is 4.79 Å². The lowest BCUT2D eigenvalue weighted by molar-refractivity contribution is -0.117. The van der Waals surface area contributed by atoms with E-state index in [1.54, 1.807) is 0 Å². The molecular weight excluding hydrogens is 282 g/mol. The van der Waals surface area contributed by atoms with Gasteiger partial charge >= 0.3 is 0 Å². The van der Waals surface area contributed by atoms with E-state index in [0.29, 0.717) is 5.92 Å². The van der Waals surface area contributed by atoms with Crippen LogP contribution in [0.25, 0.3) is 0 Å². The molecule has 2 aromatic carbocycles. The minimum absolute atomic E-state index is 0.0432. The van der Waals surface area contributed by atoms with Gasteiger partial charge in [0, 0.05) is 5.69 Å². The average Bonchev–Trinajstić information content (AvgIpc) is 2.63. The largest absolute Gasteiger partial charge is 0.326 e. The van der Waals surface area contributed by atoms with E-state index >= 15 is 0 Å². The molecule has 1 fully saturated rings. The highest BCUT2D eigenvalue weighted by Gasteiger charge is 2.17. The summed E-state index contributed by atoms with van der Waals surface area (Å²) in [5.74, 6) is 0.604. The molecule has 1 atom stereocenters. The van der Waals surface area contributed by atoms with Crippen molar-refractivity contribution in [3.63, 3.8) is 0 Å². The van der Waals surface area contributed by atoms with Crippen LogP contribution in [0.4, 0.5) is 5.69 Å². The zero-order valence-corrected chi connectivity index (χ0v) is 13.8. The summed E-state index contributed by atoms with van der Waals surface area (Å²) in [4.78, 5) is 12.4. The lowest BCUT2D eigenvalue weighted by Gasteiger charge is -2.22. The first-order valence-electron chi connectivity index (χ1n) is 8.70. The Kier molecular flexibility index (Phi) is 5.12. The minimum atomic E-state index is -0.144. The molecular formula is C21H25NO. The summed E-state index contributed by atoms with van der Waals surface area (Å²) in [6, 6.07) is 18.3. The number of nitrogens with one attached hydrogen (secondary N) is 1. The van der Waals surface area contributed by atoms with E-state index in [1.807, 2.05) is 49.4 Å². The molecule has 0 aromatic heterocycles. The monoisotopic (exact) mass is 307 g/mol. The van der Waals surface area contributed by atoms with Crippen molar-refractivity contribution < 1.29 is 4.79 Å². The fraction of sp³-hybridized carbons (Fsp3) is 0.381. The SMILES string of the molecule is CC(C(=O)Nc1ccc(C2CCCCC2)cc1)c1ccccc1. The molecule has 0 aliphatic heterocycles. The van der Waals surface area contributed by atoms with Gasteiger partial charge in [-0.15, -0.1) is 0 Å². The van der Waals surface area contributed by atoms with Gasteiger partial charge in [0.15, 0.2) is 0 Å². The first-order chi connectivity index (χ1) is 11.2. The minimum Gasteiger partial charge on any atom is -0.326 e. The molecule has 23 heavy (non-hydrogen) atoms. The van der Waals surface area contributed by atoms with E-state index in [-0.39, 0.29) is 11.8 Å². The van der Waals surface area contributed by atoms with Crippen molar-refractivity contribution in [3.8, 4) is 0 Å². The predicted octanol–water partition coefficient (Wildman–Crippen LogP) is 5.48. The van der Waals surface area contributed by atoms with Crippen LogP contribution in [0.15, 0.2) is 54.6 Å². The van der Waals surface area contributed by atoms with Gasteiger partial charge < -0.3 is 5.32 Å². The molecule has 0 bridgehead atoms. The van der Waals surface area contributed by atoms with E-state index in [4.69, 9.17) is 0 Å². The summed E-state index contributed by atoms with van der Waals surface area (Å²) < 4.78 is 0. The van der Waals surface area contributed by atoms with Gasteiger partial charge in [-0.25, -0.2) is 0 Å². The maximum absolute atomic E-state index is 12.4. The number of hydrogen-bond donors (Lipinski definition) is 1. The summed E-state index contributed by atoms with van der Waals surface area (Å²) in [5, 5.41) is 3.03. The molecule has 3 rings (SSSR count). The summed E-state index contributed by atoms with van der Waals surface area (Å²) in [6.45, 7) is 1.95. The highest BCUT2D eigenvalue weighted by Crippen LogP contribution is 2.33. The van der Waals surface area contributed by atoms with Crippen LogP contribution in [0.2, 0.25) is 0 Å². The van der Waals surface area contributed by atoms with Crippen molar-refractivity contribution in [1.82, 2.24) is 0 Å². The number of carbonyl (C=O) groups excluding carboxylic acids is 1. The van der Waals surface area contributed by atoms with Gasteiger partial charge in [0.25, 0.3) is 0 Å². The Bertz CT molecular complexity index is 627. The second-order valence-electron chi connectivity index (χ2n) is 6.58. The number of anilines is 1. The molecule has 2 aromatic rings. The van der Waals surface area contributed by atoms with E-state index in [1.165, 1.54) is 37.7 Å². The molecule has 2 heteroatoms. The van der Waals surface area contributed by atoms with E-state index < -0.39 is 0 Å². The molecule has 0 heterocycles. The van der Waals surface area contributed by atoms with Gasteiger partial charge in [0.05, 0.1) is 5.92 Å². The van der Waals surface area contributed by atoms with Crippen LogP contribution < -0.4 is 5.32 Å². The van der Waals surface area contributed by atoms with Crippen LogP contribution in [0.3, 0.4) is 0 Å². The standard InChI is InChI=1S/C21H25NO/c1-16(17-8-4-2-5-9-17)21(23)22-20-14-12-19(13-15-20)18-10-6-3-7-11-18/h2,4-5,8-9,12-16,18H,3,6-7,10-11H2,1H3,(H,22,23). The zero-order chi connectivity index (χ0) is 16.1. The predicted molar refractivity (Wildman–Crippen MR) is 95.8 cm³/mol. The van der Waals surface area contributed by atoms with Crippen molar-refractivity contribution in [2.75, 3.05) is 5.32 Å². The van der Waals surface area contributed by atoms with Gasteiger partial charge in [0.2, 0.25) is 5.91 Å². The Morgan fingerprint density at radius 2 is 1.61 bits per heavy atom. The van der Waals surface area contributed by atoms with Gasteiger partial charge in [-0.3, -0.25) is 4.79 Å². The Hall–Kier alpha value is -2.09. The molecule has 2 nitrogen and oxygen atoms in total. The normalized spacial score (nSPS) is 16.7. The fourth-order valence-electron chi connectivity index (χ4n) is 3.42. The van der Waals surface area contributed by atoms with Gasteiger partial charge in [-0.05, 0) is 48.9 Å². The molecule has 1 amide bonds. The van der Waals surface area contributed by atoms with E-state index in [2.05, 4.69) is 17.4 Å². The molecule has 1 N–H and O–H groups in total. The third kappa shape index (κ3) is 4.01. The van der Waals surface area contributed by atoms with E-state index in [0.717, 1.165) is 11.3 Å². The first-order valence-corrected chi connectivity index (χ1v) is 8.70. The van der Waals surface area contributed by atoms with Crippen LogP contribution in [0, 0.1) is 0 Å². The second-order valence-corrected chi connectivity index (χ2v) is 6.58. The van der Waals surface area contributed by atoms with Crippen LogP contribution in [0.5, 0.6) is 0 Å². The van der Waals surface area contributed by atoms with Crippen molar-refractivity contribution in [1.29, 1.82) is 0 Å². The summed E-state index contributed by atoms with van der Waals surface area (Å²) in [5.41, 5.74) is 3.35. The first kappa shape index (κ1) is 15.8. The third-order valence-corrected chi connectivity index (χ3v) is 4.95. The van der Waals surface area contributed by atoms with Crippen LogP contribution >= 0.6 is 0 Å². The molecule has 0 saturated heterocycles. The lowest BCUT2D eigenvalue weighted by Crippen LogP contribution is -2.18.